The molecule has 6 heteroatoms. The van der Waals surface area contributed by atoms with Gasteiger partial charge in [-0.3, -0.25) is 4.79 Å². The first-order valence-electron chi connectivity index (χ1n) is 5.99. The van der Waals surface area contributed by atoms with E-state index in [4.69, 9.17) is 15.2 Å². The number of carbonyl (C=O) groups excluding carboxylic acids is 1. The van der Waals surface area contributed by atoms with Crippen molar-refractivity contribution in [1.82, 2.24) is 0 Å². The number of methoxy groups -OCH3 is 2. The van der Waals surface area contributed by atoms with Crippen molar-refractivity contribution in [3.05, 3.63) is 51.7 Å². The molecule has 0 radical (unpaired) electrons. The molecule has 0 spiro atoms. The Hall–Kier alpha value is -2.08. The van der Waals surface area contributed by atoms with Gasteiger partial charge >= 0.3 is 0 Å². The summed E-state index contributed by atoms with van der Waals surface area (Å²) in [5.41, 5.74) is 6.65. The second-order valence-corrected chi connectivity index (χ2v) is 5.08. The van der Waals surface area contributed by atoms with Crippen LogP contribution < -0.4 is 15.2 Å². The summed E-state index contributed by atoms with van der Waals surface area (Å²) >= 11 is 3.06. The van der Waals surface area contributed by atoms with Gasteiger partial charge in [-0.1, -0.05) is 6.07 Å². The number of ether oxygens (including phenoxy) is 2. The Morgan fingerprint density at radius 2 is 1.90 bits per heavy atom. The van der Waals surface area contributed by atoms with Crippen LogP contribution in [0, 0.1) is 5.82 Å². The van der Waals surface area contributed by atoms with Gasteiger partial charge in [-0.25, -0.2) is 4.39 Å². The lowest BCUT2D eigenvalue weighted by atomic mass is 10.0. The van der Waals surface area contributed by atoms with Crippen LogP contribution in [0.4, 0.5) is 10.1 Å². The van der Waals surface area contributed by atoms with Crippen LogP contribution in [0.1, 0.15) is 15.9 Å². The van der Waals surface area contributed by atoms with Gasteiger partial charge in [0.05, 0.1) is 35.5 Å². The first kappa shape index (κ1) is 15.3. The molecule has 0 unspecified atom stereocenters. The second kappa shape index (κ2) is 6.13. The molecule has 0 saturated carbocycles. The summed E-state index contributed by atoms with van der Waals surface area (Å²) < 4.78 is 24.0. The molecule has 0 atom stereocenters. The molecular formula is C15H13BrFNO3. The Morgan fingerprint density at radius 3 is 2.52 bits per heavy atom. The summed E-state index contributed by atoms with van der Waals surface area (Å²) in [7, 11) is 2.80. The van der Waals surface area contributed by atoms with Gasteiger partial charge in [-0.15, -0.1) is 0 Å². The summed E-state index contributed by atoms with van der Waals surface area (Å²) in [6.45, 7) is 0. The van der Waals surface area contributed by atoms with Gasteiger partial charge in [0.15, 0.2) is 5.75 Å². The van der Waals surface area contributed by atoms with E-state index in [0.29, 0.717) is 5.69 Å². The number of halogens is 2. The largest absolute Gasteiger partial charge is 0.496 e. The molecule has 4 nitrogen and oxygen atoms in total. The van der Waals surface area contributed by atoms with Gasteiger partial charge in [0.1, 0.15) is 11.6 Å². The molecular weight excluding hydrogens is 341 g/mol. The van der Waals surface area contributed by atoms with E-state index in [9.17, 15) is 9.18 Å². The lowest BCUT2D eigenvalue weighted by Crippen LogP contribution is -2.08. The zero-order valence-corrected chi connectivity index (χ0v) is 13.0. The second-order valence-electron chi connectivity index (χ2n) is 4.22. The maximum absolute atomic E-state index is 13.5. The molecule has 0 bridgehead atoms. The topological polar surface area (TPSA) is 61.5 Å². The lowest BCUT2D eigenvalue weighted by Gasteiger charge is -2.12. The molecule has 2 aromatic carbocycles. The average Bonchev–Trinajstić information content (AvgIpc) is 2.48. The summed E-state index contributed by atoms with van der Waals surface area (Å²) in [5, 5.41) is 0. The molecule has 0 fully saturated rings. The molecule has 2 aromatic rings. The van der Waals surface area contributed by atoms with Crippen LogP contribution in [-0.4, -0.2) is 20.0 Å². The minimum Gasteiger partial charge on any atom is -0.496 e. The molecule has 0 aliphatic rings. The quantitative estimate of drug-likeness (QED) is 0.675. The number of nitrogen functional groups attached to an aromatic ring is 1. The van der Waals surface area contributed by atoms with Crippen molar-refractivity contribution in [2.24, 2.45) is 0 Å². The molecule has 0 aliphatic carbocycles. The number of hydrogen-bond donors (Lipinski definition) is 1. The highest BCUT2D eigenvalue weighted by atomic mass is 79.9. The number of benzene rings is 2. The third-order valence-corrected chi connectivity index (χ3v) is 3.59. The Morgan fingerprint density at radius 1 is 1.19 bits per heavy atom. The Balaban J connectivity index is 2.60. The van der Waals surface area contributed by atoms with Crippen LogP contribution in [0.3, 0.4) is 0 Å². The first-order valence-corrected chi connectivity index (χ1v) is 6.79. The monoisotopic (exact) mass is 353 g/mol. The van der Waals surface area contributed by atoms with Crippen LogP contribution in [0.15, 0.2) is 34.8 Å². The van der Waals surface area contributed by atoms with E-state index in [1.807, 2.05) is 0 Å². The number of nitrogens with two attached hydrogens (primary N) is 1. The molecule has 0 aromatic heterocycles. The maximum Gasteiger partial charge on any atom is 0.200 e. The van der Waals surface area contributed by atoms with Crippen LogP contribution >= 0.6 is 15.9 Å². The summed E-state index contributed by atoms with van der Waals surface area (Å²) in [5.74, 6) is -0.449. The van der Waals surface area contributed by atoms with Gasteiger partial charge in [-0.05, 0) is 34.1 Å². The molecule has 0 amide bonds. The van der Waals surface area contributed by atoms with E-state index in [0.717, 1.165) is 6.07 Å². The Kier molecular flexibility index (Phi) is 4.47. The molecule has 21 heavy (non-hydrogen) atoms. The molecule has 110 valence electrons. The van der Waals surface area contributed by atoms with Crippen LogP contribution in [0.2, 0.25) is 0 Å². The highest BCUT2D eigenvalue weighted by molar-refractivity contribution is 9.10. The van der Waals surface area contributed by atoms with Gasteiger partial charge in [0.2, 0.25) is 5.78 Å². The smallest absolute Gasteiger partial charge is 0.200 e. The number of rotatable bonds is 4. The summed E-state index contributed by atoms with van der Waals surface area (Å²) in [4.78, 5) is 12.7. The van der Waals surface area contributed by atoms with Crippen LogP contribution in [0.5, 0.6) is 11.5 Å². The van der Waals surface area contributed by atoms with E-state index >= 15 is 0 Å². The number of hydrogen-bond acceptors (Lipinski definition) is 4. The summed E-state index contributed by atoms with van der Waals surface area (Å²) in [6.07, 6.45) is 0. The summed E-state index contributed by atoms with van der Waals surface area (Å²) in [6, 6.07) is 7.40. The van der Waals surface area contributed by atoms with Crippen molar-refractivity contribution in [1.29, 1.82) is 0 Å². The number of para-hydroxylation sites is 1. The number of carbonyl (C=O) groups is 1. The van der Waals surface area contributed by atoms with Gasteiger partial charge in [0.25, 0.3) is 0 Å². The SMILES string of the molecule is COc1cc(F)c(Br)cc1C(=O)c1cccc(N)c1OC. The molecule has 2 rings (SSSR count). The first-order chi connectivity index (χ1) is 9.99. The van der Waals surface area contributed by atoms with Gasteiger partial charge in [0, 0.05) is 6.07 Å². The number of anilines is 1. The highest BCUT2D eigenvalue weighted by Crippen LogP contribution is 2.32. The minimum absolute atomic E-state index is 0.144. The van der Waals surface area contributed by atoms with E-state index in [1.54, 1.807) is 18.2 Å². The normalized spacial score (nSPS) is 10.3. The molecule has 2 N–H and O–H groups in total. The predicted molar refractivity (Wildman–Crippen MR) is 81.5 cm³/mol. The molecule has 0 heterocycles. The van der Waals surface area contributed by atoms with Crippen molar-refractivity contribution < 1.29 is 18.7 Å². The standard InChI is InChI=1S/C15H13BrFNO3/c1-20-13-7-11(17)10(16)6-9(13)14(19)8-4-3-5-12(18)15(8)21-2/h3-7H,18H2,1-2H3. The van der Waals surface area contributed by atoms with Gasteiger partial charge in [-0.2, -0.15) is 0 Å². The fourth-order valence-electron chi connectivity index (χ4n) is 1.98. The zero-order valence-electron chi connectivity index (χ0n) is 11.4. The van der Waals surface area contributed by atoms with Crippen molar-refractivity contribution in [3.8, 4) is 11.5 Å². The van der Waals surface area contributed by atoms with Crippen LogP contribution in [-0.2, 0) is 0 Å². The maximum atomic E-state index is 13.5. The van der Waals surface area contributed by atoms with Crippen molar-refractivity contribution in [2.45, 2.75) is 0 Å². The Bertz CT molecular complexity index is 704. The van der Waals surface area contributed by atoms with E-state index in [-0.39, 0.29) is 32.9 Å². The van der Waals surface area contributed by atoms with Crippen LogP contribution in [0.25, 0.3) is 0 Å². The van der Waals surface area contributed by atoms with E-state index < -0.39 is 5.82 Å². The minimum atomic E-state index is -0.511. The predicted octanol–water partition coefficient (Wildman–Crippen LogP) is 3.42. The van der Waals surface area contributed by atoms with E-state index in [1.165, 1.54) is 20.3 Å². The highest BCUT2D eigenvalue weighted by Gasteiger charge is 2.21. The average molecular weight is 354 g/mol. The molecule has 0 aliphatic heterocycles. The molecule has 0 saturated heterocycles. The third-order valence-electron chi connectivity index (χ3n) is 2.98. The lowest BCUT2D eigenvalue weighted by molar-refractivity contribution is 0.103. The fraction of sp³-hybridized carbons (Fsp3) is 0.133. The Labute approximate surface area is 129 Å². The van der Waals surface area contributed by atoms with Gasteiger partial charge < -0.3 is 15.2 Å². The van der Waals surface area contributed by atoms with Crippen molar-refractivity contribution in [2.75, 3.05) is 20.0 Å². The van der Waals surface area contributed by atoms with E-state index in [2.05, 4.69) is 15.9 Å². The van der Waals surface area contributed by atoms with Crippen molar-refractivity contribution >= 4 is 27.4 Å². The fourth-order valence-corrected chi connectivity index (χ4v) is 2.32. The third kappa shape index (κ3) is 2.85. The number of ketones is 1. The van der Waals surface area contributed by atoms with Crippen molar-refractivity contribution in [3.63, 3.8) is 0 Å². The zero-order chi connectivity index (χ0) is 15.6.